The Hall–Kier alpha value is -1.84. The molecule has 0 saturated heterocycles. The molecule has 0 aromatic rings. The zero-order valence-corrected chi connectivity index (χ0v) is 8.65. The number of hydrogen-bond donors (Lipinski definition) is 0. The summed E-state index contributed by atoms with van der Waals surface area (Å²) < 4.78 is 9.13. The van der Waals surface area contributed by atoms with Crippen LogP contribution in [-0.4, -0.2) is 26.2 Å². The van der Waals surface area contributed by atoms with Crippen molar-refractivity contribution in [2.24, 2.45) is 5.92 Å². The van der Waals surface area contributed by atoms with Gasteiger partial charge in [0.15, 0.2) is 0 Å². The fourth-order valence-electron chi connectivity index (χ4n) is 1.26. The molecule has 0 aromatic carbocycles. The van der Waals surface area contributed by atoms with Gasteiger partial charge in [-0.1, -0.05) is 18.7 Å². The summed E-state index contributed by atoms with van der Waals surface area (Å²) in [6.45, 7) is 3.70. The van der Waals surface area contributed by atoms with Crippen LogP contribution in [0.1, 0.15) is 0 Å². The Balaban J connectivity index is 2.84. The third kappa shape index (κ3) is 2.34. The first-order valence-electron chi connectivity index (χ1n) is 4.35. The highest BCUT2D eigenvalue weighted by Gasteiger charge is 2.23. The van der Waals surface area contributed by atoms with Crippen molar-refractivity contribution in [2.45, 2.75) is 0 Å². The molecule has 1 atom stereocenters. The minimum Gasteiger partial charge on any atom is -0.468 e. The third-order valence-corrected chi connectivity index (χ3v) is 2.08. The van der Waals surface area contributed by atoms with Crippen molar-refractivity contribution < 1.29 is 19.1 Å². The van der Waals surface area contributed by atoms with Crippen molar-refractivity contribution in [3.05, 3.63) is 36.0 Å². The van der Waals surface area contributed by atoms with Gasteiger partial charge < -0.3 is 9.47 Å². The molecule has 0 bridgehead atoms. The van der Waals surface area contributed by atoms with Crippen molar-refractivity contribution in [3.8, 4) is 0 Å². The van der Waals surface area contributed by atoms with Crippen LogP contribution in [0.5, 0.6) is 0 Å². The van der Waals surface area contributed by atoms with Gasteiger partial charge in [-0.15, -0.1) is 0 Å². The van der Waals surface area contributed by atoms with Crippen molar-refractivity contribution >= 4 is 11.9 Å². The average Bonchev–Trinajstić information content (AvgIpc) is 2.26. The molecular formula is C11H12O4. The Kier molecular flexibility index (Phi) is 3.44. The van der Waals surface area contributed by atoms with Crippen LogP contribution >= 0.6 is 0 Å². The Labute approximate surface area is 87.9 Å². The molecule has 0 spiro atoms. The van der Waals surface area contributed by atoms with E-state index in [0.717, 1.165) is 0 Å². The van der Waals surface area contributed by atoms with Crippen molar-refractivity contribution in [1.82, 2.24) is 0 Å². The molecule has 80 valence electrons. The van der Waals surface area contributed by atoms with Gasteiger partial charge in [0.05, 0.1) is 25.7 Å². The summed E-state index contributed by atoms with van der Waals surface area (Å²) in [4.78, 5) is 22.4. The highest BCUT2D eigenvalue weighted by atomic mass is 16.5. The van der Waals surface area contributed by atoms with Crippen molar-refractivity contribution in [1.29, 1.82) is 0 Å². The Morgan fingerprint density at radius 3 is 2.47 bits per heavy atom. The second-order valence-electron chi connectivity index (χ2n) is 3.03. The fraction of sp³-hybridized carbons (Fsp3) is 0.273. The number of carbonyl (C=O) groups excluding carboxylic acids is 2. The van der Waals surface area contributed by atoms with Gasteiger partial charge in [0.1, 0.15) is 0 Å². The van der Waals surface area contributed by atoms with E-state index in [0.29, 0.717) is 11.1 Å². The maximum Gasteiger partial charge on any atom is 0.337 e. The lowest BCUT2D eigenvalue weighted by Crippen LogP contribution is -2.18. The van der Waals surface area contributed by atoms with Gasteiger partial charge in [-0.2, -0.15) is 0 Å². The summed E-state index contributed by atoms with van der Waals surface area (Å²) in [6, 6.07) is 0. The number of hydrogen-bond acceptors (Lipinski definition) is 4. The highest BCUT2D eigenvalue weighted by Crippen LogP contribution is 2.22. The second-order valence-corrected chi connectivity index (χ2v) is 3.03. The first kappa shape index (κ1) is 11.2. The topological polar surface area (TPSA) is 52.6 Å². The Morgan fingerprint density at radius 1 is 1.33 bits per heavy atom. The van der Waals surface area contributed by atoms with E-state index in [1.54, 1.807) is 6.08 Å². The van der Waals surface area contributed by atoms with Crippen LogP contribution in [0.15, 0.2) is 36.0 Å². The lowest BCUT2D eigenvalue weighted by atomic mass is 9.92. The number of allylic oxidation sites excluding steroid dienone is 1. The van der Waals surface area contributed by atoms with E-state index in [4.69, 9.17) is 0 Å². The van der Waals surface area contributed by atoms with Gasteiger partial charge in [-0.05, 0) is 11.6 Å². The van der Waals surface area contributed by atoms with Gasteiger partial charge in [0, 0.05) is 0 Å². The van der Waals surface area contributed by atoms with E-state index in [-0.39, 0.29) is 0 Å². The van der Waals surface area contributed by atoms with E-state index in [1.165, 1.54) is 26.4 Å². The van der Waals surface area contributed by atoms with E-state index in [1.807, 2.05) is 0 Å². The first-order valence-corrected chi connectivity index (χ1v) is 4.35. The van der Waals surface area contributed by atoms with Crippen LogP contribution in [0.3, 0.4) is 0 Å². The van der Waals surface area contributed by atoms with E-state index in [2.05, 4.69) is 16.1 Å². The van der Waals surface area contributed by atoms with Gasteiger partial charge >= 0.3 is 11.9 Å². The zero-order chi connectivity index (χ0) is 11.4. The van der Waals surface area contributed by atoms with Gasteiger partial charge in [-0.25, -0.2) is 4.79 Å². The zero-order valence-electron chi connectivity index (χ0n) is 8.65. The van der Waals surface area contributed by atoms with Gasteiger partial charge in [-0.3, -0.25) is 4.79 Å². The molecule has 1 unspecified atom stereocenters. The minimum atomic E-state index is -0.511. The normalized spacial score (nSPS) is 19.5. The number of rotatable bonds is 2. The molecule has 0 heterocycles. The monoisotopic (exact) mass is 208 g/mol. The molecule has 1 rings (SSSR count). The number of esters is 2. The number of methoxy groups -OCH3 is 2. The molecule has 0 radical (unpaired) electrons. The van der Waals surface area contributed by atoms with Crippen LogP contribution in [0.4, 0.5) is 0 Å². The lowest BCUT2D eigenvalue weighted by molar-refractivity contribution is -0.142. The molecule has 0 aromatic heterocycles. The van der Waals surface area contributed by atoms with Gasteiger partial charge in [0.25, 0.3) is 0 Å². The number of carbonyl (C=O) groups is 2. The summed E-state index contributed by atoms with van der Waals surface area (Å²) >= 11 is 0. The van der Waals surface area contributed by atoms with E-state index in [9.17, 15) is 9.59 Å². The third-order valence-electron chi connectivity index (χ3n) is 2.08. The minimum absolute atomic E-state index is 0.377. The standard InChI is InChI=1S/C11H12O4/c1-7-6-8(10(12)14-2)4-5-9(7)11(13)15-3/h4-6,9H,1H2,2-3H3. The molecule has 1 aliphatic rings. The Bertz CT molecular complexity index is 363. The summed E-state index contributed by atoms with van der Waals surface area (Å²) in [5, 5.41) is 0. The molecule has 0 fully saturated rings. The van der Waals surface area contributed by atoms with Crippen LogP contribution in [0, 0.1) is 5.92 Å². The number of ether oxygens (including phenoxy) is 2. The molecule has 0 amide bonds. The first-order chi connectivity index (χ1) is 7.10. The summed E-state index contributed by atoms with van der Waals surface area (Å²) in [7, 11) is 2.61. The van der Waals surface area contributed by atoms with Crippen molar-refractivity contribution in [3.63, 3.8) is 0 Å². The average molecular weight is 208 g/mol. The molecule has 0 aliphatic heterocycles. The molecule has 4 heteroatoms. The molecular weight excluding hydrogens is 196 g/mol. The van der Waals surface area contributed by atoms with Crippen LogP contribution in [0.25, 0.3) is 0 Å². The summed E-state index contributed by atoms with van der Waals surface area (Å²) in [6.07, 6.45) is 4.62. The molecule has 15 heavy (non-hydrogen) atoms. The van der Waals surface area contributed by atoms with Gasteiger partial charge in [0.2, 0.25) is 0 Å². The summed E-state index contributed by atoms with van der Waals surface area (Å²) in [5.41, 5.74) is 0.896. The fourth-order valence-corrected chi connectivity index (χ4v) is 1.26. The smallest absolute Gasteiger partial charge is 0.337 e. The summed E-state index contributed by atoms with van der Waals surface area (Å²) in [5.74, 6) is -1.35. The van der Waals surface area contributed by atoms with E-state index >= 15 is 0 Å². The van der Waals surface area contributed by atoms with Crippen LogP contribution < -0.4 is 0 Å². The quantitative estimate of drug-likeness (QED) is 0.635. The molecule has 0 saturated carbocycles. The molecule has 1 aliphatic carbocycles. The maximum absolute atomic E-state index is 11.2. The highest BCUT2D eigenvalue weighted by molar-refractivity contribution is 5.94. The maximum atomic E-state index is 11.2. The Morgan fingerprint density at radius 2 is 2.00 bits per heavy atom. The molecule has 4 nitrogen and oxygen atoms in total. The predicted octanol–water partition coefficient (Wildman–Crippen LogP) is 1.00. The lowest BCUT2D eigenvalue weighted by Gasteiger charge is -2.15. The van der Waals surface area contributed by atoms with Crippen LogP contribution in [0.2, 0.25) is 0 Å². The van der Waals surface area contributed by atoms with Crippen LogP contribution in [-0.2, 0) is 19.1 Å². The van der Waals surface area contributed by atoms with Crippen molar-refractivity contribution in [2.75, 3.05) is 14.2 Å². The SMILES string of the molecule is C=C1C=C(C(=O)OC)C=CC1C(=O)OC. The second kappa shape index (κ2) is 4.59. The molecule has 0 N–H and O–H groups in total. The van der Waals surface area contributed by atoms with E-state index < -0.39 is 17.9 Å². The largest absolute Gasteiger partial charge is 0.468 e. The predicted molar refractivity (Wildman–Crippen MR) is 53.9 cm³/mol.